The van der Waals surface area contributed by atoms with Gasteiger partial charge in [0.05, 0.1) is 10.5 Å². The van der Waals surface area contributed by atoms with E-state index >= 15 is 0 Å². The maximum Gasteiger partial charge on any atom is 0.304 e. The first-order valence-corrected chi connectivity index (χ1v) is 6.05. The highest BCUT2D eigenvalue weighted by molar-refractivity contribution is 6.08. The lowest BCUT2D eigenvalue weighted by Crippen LogP contribution is -2.14. The number of carbonyl (C=O) groups excluding carboxylic acids is 1. The van der Waals surface area contributed by atoms with E-state index in [2.05, 4.69) is 10.6 Å². The molecular weight excluding hydrogens is 277 g/mol. The van der Waals surface area contributed by atoms with Crippen molar-refractivity contribution in [3.63, 3.8) is 0 Å². The summed E-state index contributed by atoms with van der Waals surface area (Å²) in [5.41, 5.74) is 0.522. The topological polar surface area (TPSA) is 84.3 Å². The summed E-state index contributed by atoms with van der Waals surface area (Å²) in [6.45, 7) is 0. The lowest BCUT2D eigenvalue weighted by Gasteiger charge is -2.09. The van der Waals surface area contributed by atoms with Crippen molar-refractivity contribution in [3.8, 4) is 0 Å². The van der Waals surface area contributed by atoms with Crippen LogP contribution in [0.15, 0.2) is 42.5 Å². The van der Waals surface area contributed by atoms with Gasteiger partial charge in [0, 0.05) is 30.6 Å². The molecule has 0 aliphatic carbocycles. The highest BCUT2D eigenvalue weighted by Crippen LogP contribution is 2.22. The van der Waals surface area contributed by atoms with Gasteiger partial charge in [0.1, 0.15) is 0 Å². The summed E-state index contributed by atoms with van der Waals surface area (Å²) < 4.78 is 13.5. The SMILES string of the molecule is CNc1ccccc1C(=O)Nc1ccc([N+](=O)[O-])c(F)c1. The Hall–Kier alpha value is -2.96. The van der Waals surface area contributed by atoms with Gasteiger partial charge in [0.2, 0.25) is 5.82 Å². The summed E-state index contributed by atoms with van der Waals surface area (Å²) in [6.07, 6.45) is 0. The Morgan fingerprint density at radius 2 is 1.95 bits per heavy atom. The quantitative estimate of drug-likeness (QED) is 0.669. The zero-order chi connectivity index (χ0) is 15.4. The van der Waals surface area contributed by atoms with E-state index in [1.165, 1.54) is 6.07 Å². The molecule has 21 heavy (non-hydrogen) atoms. The number of hydrogen-bond acceptors (Lipinski definition) is 4. The van der Waals surface area contributed by atoms with E-state index in [1.54, 1.807) is 31.3 Å². The first-order valence-electron chi connectivity index (χ1n) is 6.05. The predicted molar refractivity (Wildman–Crippen MR) is 77.0 cm³/mol. The number of carbonyl (C=O) groups is 1. The van der Waals surface area contributed by atoms with Crippen LogP contribution in [0.3, 0.4) is 0 Å². The Morgan fingerprint density at radius 1 is 1.24 bits per heavy atom. The molecular formula is C14H12FN3O3. The van der Waals surface area contributed by atoms with E-state index < -0.39 is 22.3 Å². The van der Waals surface area contributed by atoms with E-state index in [-0.39, 0.29) is 5.69 Å². The van der Waals surface area contributed by atoms with Crippen molar-refractivity contribution in [3.05, 3.63) is 64.0 Å². The second-order valence-corrected chi connectivity index (χ2v) is 4.17. The molecule has 0 radical (unpaired) electrons. The Morgan fingerprint density at radius 3 is 2.57 bits per heavy atom. The summed E-state index contributed by atoms with van der Waals surface area (Å²) >= 11 is 0. The molecule has 1 amide bonds. The van der Waals surface area contributed by atoms with Gasteiger partial charge in [-0.1, -0.05) is 12.1 Å². The fourth-order valence-electron chi connectivity index (χ4n) is 1.83. The van der Waals surface area contributed by atoms with Crippen LogP contribution in [0.25, 0.3) is 0 Å². The molecule has 0 saturated heterocycles. The van der Waals surface area contributed by atoms with Gasteiger partial charge >= 0.3 is 5.69 Å². The van der Waals surface area contributed by atoms with Crippen LogP contribution in [0.4, 0.5) is 21.5 Å². The first kappa shape index (κ1) is 14.4. The van der Waals surface area contributed by atoms with Crippen molar-refractivity contribution in [1.29, 1.82) is 0 Å². The molecule has 0 aliphatic rings. The van der Waals surface area contributed by atoms with Gasteiger partial charge in [-0.25, -0.2) is 0 Å². The van der Waals surface area contributed by atoms with Crippen LogP contribution in [-0.2, 0) is 0 Å². The second kappa shape index (κ2) is 6.00. The molecule has 2 rings (SSSR count). The Labute approximate surface area is 119 Å². The first-order chi connectivity index (χ1) is 10.0. The number of nitrogens with one attached hydrogen (secondary N) is 2. The Bertz CT molecular complexity index is 704. The van der Waals surface area contributed by atoms with E-state index in [9.17, 15) is 19.3 Å². The number of benzene rings is 2. The summed E-state index contributed by atoms with van der Waals surface area (Å²) in [7, 11) is 1.68. The average molecular weight is 289 g/mol. The van der Waals surface area contributed by atoms with E-state index in [0.717, 1.165) is 12.1 Å². The zero-order valence-electron chi connectivity index (χ0n) is 11.1. The largest absolute Gasteiger partial charge is 0.387 e. The number of nitro benzene ring substituents is 1. The van der Waals surface area contributed by atoms with Crippen LogP contribution in [0.2, 0.25) is 0 Å². The standard InChI is InChI=1S/C14H12FN3O3/c1-16-12-5-3-2-4-10(12)14(19)17-9-6-7-13(18(20)21)11(15)8-9/h2-8,16H,1H3,(H,17,19). The van der Waals surface area contributed by atoms with Crippen LogP contribution in [0.1, 0.15) is 10.4 Å². The van der Waals surface area contributed by atoms with Gasteiger partial charge in [-0.05, 0) is 18.2 Å². The molecule has 7 heteroatoms. The lowest BCUT2D eigenvalue weighted by molar-refractivity contribution is -0.387. The molecule has 2 aromatic carbocycles. The van der Waals surface area contributed by atoms with Crippen molar-refractivity contribution in [1.82, 2.24) is 0 Å². The minimum Gasteiger partial charge on any atom is -0.387 e. The molecule has 0 bridgehead atoms. The van der Waals surface area contributed by atoms with Crippen molar-refractivity contribution in [2.45, 2.75) is 0 Å². The molecule has 0 spiro atoms. The normalized spacial score (nSPS) is 10.0. The predicted octanol–water partition coefficient (Wildman–Crippen LogP) is 3.03. The third kappa shape index (κ3) is 3.14. The average Bonchev–Trinajstić information content (AvgIpc) is 2.46. The molecule has 2 aromatic rings. The maximum atomic E-state index is 13.5. The molecule has 0 aromatic heterocycles. The fraction of sp³-hybridized carbons (Fsp3) is 0.0714. The highest BCUT2D eigenvalue weighted by atomic mass is 19.1. The summed E-state index contributed by atoms with van der Waals surface area (Å²) in [6, 6.07) is 10.0. The third-order valence-corrected chi connectivity index (χ3v) is 2.84. The number of amides is 1. The summed E-state index contributed by atoms with van der Waals surface area (Å²) in [5.74, 6) is -1.44. The highest BCUT2D eigenvalue weighted by Gasteiger charge is 2.16. The molecule has 0 heterocycles. The van der Waals surface area contributed by atoms with Crippen molar-refractivity contribution in [2.24, 2.45) is 0 Å². The molecule has 108 valence electrons. The third-order valence-electron chi connectivity index (χ3n) is 2.84. The molecule has 0 fully saturated rings. The van der Waals surface area contributed by atoms with E-state index in [0.29, 0.717) is 11.3 Å². The number of nitrogens with zero attached hydrogens (tertiary/aromatic N) is 1. The monoisotopic (exact) mass is 289 g/mol. The van der Waals surface area contributed by atoms with Gasteiger partial charge < -0.3 is 10.6 Å². The number of rotatable bonds is 4. The van der Waals surface area contributed by atoms with Gasteiger partial charge in [0.25, 0.3) is 5.91 Å². The van der Waals surface area contributed by atoms with Crippen LogP contribution >= 0.6 is 0 Å². The van der Waals surface area contributed by atoms with Crippen LogP contribution < -0.4 is 10.6 Å². The molecule has 2 N–H and O–H groups in total. The van der Waals surface area contributed by atoms with Gasteiger partial charge in [0.15, 0.2) is 0 Å². The molecule has 0 aliphatic heterocycles. The smallest absolute Gasteiger partial charge is 0.304 e. The van der Waals surface area contributed by atoms with Crippen LogP contribution in [0.5, 0.6) is 0 Å². The summed E-state index contributed by atoms with van der Waals surface area (Å²) in [5, 5.41) is 15.9. The van der Waals surface area contributed by atoms with Gasteiger partial charge in [-0.15, -0.1) is 0 Å². The van der Waals surface area contributed by atoms with Crippen LogP contribution in [-0.4, -0.2) is 17.9 Å². The number of hydrogen-bond donors (Lipinski definition) is 2. The van der Waals surface area contributed by atoms with Crippen LogP contribution in [0, 0.1) is 15.9 Å². The second-order valence-electron chi connectivity index (χ2n) is 4.17. The maximum absolute atomic E-state index is 13.5. The van der Waals surface area contributed by atoms with E-state index in [4.69, 9.17) is 0 Å². The van der Waals surface area contributed by atoms with Crippen molar-refractivity contribution >= 4 is 23.0 Å². The van der Waals surface area contributed by atoms with Gasteiger partial charge in [-0.3, -0.25) is 14.9 Å². The van der Waals surface area contributed by atoms with Gasteiger partial charge in [-0.2, -0.15) is 4.39 Å². The molecule has 6 nitrogen and oxygen atoms in total. The fourth-order valence-corrected chi connectivity index (χ4v) is 1.83. The Balaban J connectivity index is 2.24. The summed E-state index contributed by atoms with van der Waals surface area (Å²) in [4.78, 5) is 21.8. The molecule has 0 atom stereocenters. The lowest BCUT2D eigenvalue weighted by atomic mass is 10.1. The van der Waals surface area contributed by atoms with E-state index in [1.807, 2.05) is 0 Å². The zero-order valence-corrected chi connectivity index (χ0v) is 11.1. The minimum absolute atomic E-state index is 0.147. The molecule has 0 unspecified atom stereocenters. The number of halogens is 1. The molecule has 0 saturated carbocycles. The van der Waals surface area contributed by atoms with Crippen molar-refractivity contribution < 1.29 is 14.1 Å². The Kier molecular flexibility index (Phi) is 4.13. The number of nitro groups is 1. The van der Waals surface area contributed by atoms with Crippen molar-refractivity contribution in [2.75, 3.05) is 17.7 Å². The number of para-hydroxylation sites is 1. The number of anilines is 2. The minimum atomic E-state index is -1.00.